The average Bonchev–Trinajstić information content (AvgIpc) is 3.07. The van der Waals surface area contributed by atoms with E-state index in [-0.39, 0.29) is 39.3 Å². The Labute approximate surface area is 331 Å². The molecule has 0 radical (unpaired) electrons. The number of benzene rings is 2. The predicted molar refractivity (Wildman–Crippen MR) is 219 cm³/mol. The molecule has 0 aliphatic rings. The summed E-state index contributed by atoms with van der Waals surface area (Å²) in [5, 5.41) is 14.5. The minimum atomic E-state index is -0.542. The molecule has 0 spiro atoms. The third-order valence-electron chi connectivity index (χ3n) is 8.33. The second-order valence-corrected chi connectivity index (χ2v) is 17.5. The van der Waals surface area contributed by atoms with Gasteiger partial charge in [-0.1, -0.05) is 83.1 Å². The molecule has 13 heteroatoms. The van der Waals surface area contributed by atoms with Crippen molar-refractivity contribution in [2.24, 2.45) is 0 Å². The van der Waals surface area contributed by atoms with Crippen molar-refractivity contribution in [1.82, 2.24) is 20.2 Å². The van der Waals surface area contributed by atoms with Crippen LogP contribution in [0.1, 0.15) is 130 Å². The number of carbonyl (C=O) groups excluding carboxylic acids is 3. The Kier molecular flexibility index (Phi) is 14.0. The number of hydrogen-bond acceptors (Lipinski definition) is 13. The summed E-state index contributed by atoms with van der Waals surface area (Å²) in [5.41, 5.74) is 4.51. The number of ether oxygens (including phenoxy) is 4. The summed E-state index contributed by atoms with van der Waals surface area (Å²) in [6.45, 7) is 27.8. The first kappa shape index (κ1) is 44.8. The van der Waals surface area contributed by atoms with E-state index in [1.807, 2.05) is 24.3 Å². The van der Waals surface area contributed by atoms with Gasteiger partial charge >= 0.3 is 17.9 Å². The van der Waals surface area contributed by atoms with Crippen LogP contribution in [0, 0.1) is 0 Å². The summed E-state index contributed by atoms with van der Waals surface area (Å²) < 4.78 is 21.1. The minimum Gasteiger partial charge on any atom is -0.480 e. The van der Waals surface area contributed by atoms with Crippen LogP contribution in [-0.4, -0.2) is 52.3 Å². The fraction of sp³-hybridized carbons (Fsp3) is 0.465. The quantitative estimate of drug-likeness (QED) is 0.129. The Morgan fingerprint density at radius 3 is 1.30 bits per heavy atom. The van der Waals surface area contributed by atoms with E-state index >= 15 is 0 Å². The number of anilines is 4. The van der Waals surface area contributed by atoms with Crippen LogP contribution in [0.25, 0.3) is 0 Å². The molecule has 4 rings (SSSR count). The molecule has 0 unspecified atom stereocenters. The van der Waals surface area contributed by atoms with Crippen molar-refractivity contribution < 1.29 is 33.3 Å². The molecule has 2 N–H and O–H groups in total. The highest BCUT2D eigenvalue weighted by molar-refractivity contribution is 5.87. The topological polar surface area (TPSA) is 164 Å². The maximum absolute atomic E-state index is 11.8. The zero-order valence-electron chi connectivity index (χ0n) is 35.8. The summed E-state index contributed by atoms with van der Waals surface area (Å²) in [7, 11) is 2.85. The number of carbonyl (C=O) groups is 3. The SMILES string of the molecule is COC(=O)c1ccc(Nc2cc(C(C)(C)C)c(OC(C)=O)c(C(C)(C)C)c2)nn1.COc1cncc(Nc2cc(C(C)(C)C)c(OC(C)=O)c(C(C)(C)C)c2)n1. The van der Waals surface area contributed by atoms with E-state index in [1.54, 1.807) is 31.6 Å². The van der Waals surface area contributed by atoms with Gasteiger partial charge in [-0.2, -0.15) is 4.98 Å². The van der Waals surface area contributed by atoms with Crippen molar-refractivity contribution in [2.45, 2.75) is 119 Å². The fourth-order valence-corrected chi connectivity index (χ4v) is 5.55. The Hall–Kier alpha value is -5.59. The van der Waals surface area contributed by atoms with Crippen molar-refractivity contribution in [2.75, 3.05) is 24.9 Å². The molecular weight excluding hydrogens is 713 g/mol. The van der Waals surface area contributed by atoms with E-state index in [0.29, 0.717) is 29.0 Å². The molecular formula is C43H58N6O7. The lowest BCUT2D eigenvalue weighted by Crippen LogP contribution is -2.21. The van der Waals surface area contributed by atoms with Crippen LogP contribution in [0.3, 0.4) is 0 Å². The molecule has 0 saturated heterocycles. The van der Waals surface area contributed by atoms with E-state index in [1.165, 1.54) is 21.0 Å². The molecule has 0 aliphatic carbocycles. The van der Waals surface area contributed by atoms with Crippen LogP contribution < -0.4 is 24.8 Å². The number of methoxy groups -OCH3 is 2. The van der Waals surface area contributed by atoms with E-state index in [9.17, 15) is 14.4 Å². The lowest BCUT2D eigenvalue weighted by Gasteiger charge is -2.30. The number of nitrogens with zero attached hydrogens (tertiary/aromatic N) is 4. The van der Waals surface area contributed by atoms with Gasteiger partial charge in [0, 0.05) is 47.5 Å². The summed E-state index contributed by atoms with van der Waals surface area (Å²) >= 11 is 0. The number of aromatic nitrogens is 4. The highest BCUT2D eigenvalue weighted by Gasteiger charge is 2.30. The van der Waals surface area contributed by atoms with Crippen molar-refractivity contribution >= 4 is 40.9 Å². The molecule has 302 valence electrons. The summed E-state index contributed by atoms with van der Waals surface area (Å²) in [6, 6.07) is 11.1. The molecule has 13 nitrogen and oxygen atoms in total. The van der Waals surface area contributed by atoms with Crippen molar-refractivity contribution in [1.29, 1.82) is 0 Å². The van der Waals surface area contributed by atoms with Crippen LogP contribution >= 0.6 is 0 Å². The molecule has 0 fully saturated rings. The summed E-state index contributed by atoms with van der Waals surface area (Å²) in [4.78, 5) is 43.5. The van der Waals surface area contributed by atoms with E-state index in [4.69, 9.17) is 14.2 Å². The van der Waals surface area contributed by atoms with Gasteiger partial charge in [0.1, 0.15) is 11.5 Å². The number of nitrogens with one attached hydrogen (secondary N) is 2. The lowest BCUT2D eigenvalue weighted by atomic mass is 9.79. The van der Waals surface area contributed by atoms with Crippen LogP contribution in [0.4, 0.5) is 23.0 Å². The smallest absolute Gasteiger partial charge is 0.358 e. The van der Waals surface area contributed by atoms with Gasteiger partial charge in [-0.05, 0) is 58.1 Å². The van der Waals surface area contributed by atoms with Gasteiger partial charge in [0.15, 0.2) is 17.3 Å². The molecule has 2 heterocycles. The zero-order chi connectivity index (χ0) is 42.4. The molecule has 4 aromatic rings. The monoisotopic (exact) mass is 770 g/mol. The predicted octanol–water partition coefficient (Wildman–Crippen LogP) is 9.28. The van der Waals surface area contributed by atoms with Crippen molar-refractivity contribution in [3.8, 4) is 17.4 Å². The van der Waals surface area contributed by atoms with Gasteiger partial charge in [0.2, 0.25) is 5.88 Å². The van der Waals surface area contributed by atoms with Gasteiger partial charge in [-0.3, -0.25) is 14.6 Å². The van der Waals surface area contributed by atoms with Crippen molar-refractivity contribution in [3.63, 3.8) is 0 Å². The van der Waals surface area contributed by atoms with Crippen molar-refractivity contribution in [3.05, 3.63) is 76.7 Å². The molecule has 0 aliphatic heterocycles. The fourth-order valence-electron chi connectivity index (χ4n) is 5.55. The zero-order valence-corrected chi connectivity index (χ0v) is 35.8. The molecule has 2 aromatic heterocycles. The van der Waals surface area contributed by atoms with Gasteiger partial charge in [-0.15, -0.1) is 10.2 Å². The maximum atomic E-state index is 11.8. The van der Waals surface area contributed by atoms with Crippen LogP contribution in [-0.2, 0) is 36.0 Å². The molecule has 0 saturated carbocycles. The highest BCUT2D eigenvalue weighted by atomic mass is 16.5. The molecule has 0 atom stereocenters. The minimum absolute atomic E-state index is 0.133. The Balaban J connectivity index is 0.000000301. The van der Waals surface area contributed by atoms with Gasteiger partial charge < -0.3 is 29.6 Å². The molecule has 2 aromatic carbocycles. The average molecular weight is 771 g/mol. The summed E-state index contributed by atoms with van der Waals surface area (Å²) in [6.07, 6.45) is 3.19. The van der Waals surface area contributed by atoms with Gasteiger partial charge in [-0.25, -0.2) is 4.79 Å². The van der Waals surface area contributed by atoms with E-state index in [2.05, 4.69) is 119 Å². The highest BCUT2D eigenvalue weighted by Crippen LogP contribution is 2.44. The van der Waals surface area contributed by atoms with Gasteiger partial charge in [0.25, 0.3) is 0 Å². The van der Waals surface area contributed by atoms with Gasteiger partial charge in [0.05, 0.1) is 26.6 Å². The number of esters is 3. The standard InChI is InChI=1S/C22H29N3O4.C21H29N3O3/c1-13(26)29-19-15(21(2,3)4)11-14(12-16(19)22(5,6)7)23-18-10-9-17(24-25-18)20(27)28-8;1-13(25)27-19-15(20(2,3)4)9-14(10-16(19)21(5,6)7)23-17-11-22-12-18(24-17)26-8/h9-12H,1-8H3,(H,23,25);9-12H,1-8H3,(H,23,24). The normalized spacial score (nSPS) is 11.8. The van der Waals surface area contributed by atoms with E-state index in [0.717, 1.165) is 33.6 Å². The number of hydrogen-bond donors (Lipinski definition) is 2. The Bertz CT molecular complexity index is 1960. The largest absolute Gasteiger partial charge is 0.480 e. The van der Waals surface area contributed by atoms with Crippen LogP contribution in [0.15, 0.2) is 48.8 Å². The lowest BCUT2D eigenvalue weighted by molar-refractivity contribution is -0.133. The Morgan fingerprint density at radius 1 is 0.571 bits per heavy atom. The van der Waals surface area contributed by atoms with Crippen LogP contribution in [0.5, 0.6) is 17.4 Å². The first-order valence-corrected chi connectivity index (χ1v) is 18.3. The number of rotatable bonds is 8. The second-order valence-electron chi connectivity index (χ2n) is 17.5. The first-order valence-electron chi connectivity index (χ1n) is 18.3. The Morgan fingerprint density at radius 2 is 0.982 bits per heavy atom. The molecule has 56 heavy (non-hydrogen) atoms. The summed E-state index contributed by atoms with van der Waals surface area (Å²) in [5.74, 6) is 1.49. The third kappa shape index (κ3) is 12.2. The van der Waals surface area contributed by atoms with E-state index < -0.39 is 5.97 Å². The second kappa shape index (κ2) is 17.5. The molecule has 0 bridgehead atoms. The maximum Gasteiger partial charge on any atom is 0.358 e. The molecule has 0 amide bonds. The third-order valence-corrected chi connectivity index (χ3v) is 8.33. The first-order chi connectivity index (χ1) is 25.7. The van der Waals surface area contributed by atoms with Crippen LogP contribution in [0.2, 0.25) is 0 Å².